The van der Waals surface area contributed by atoms with Gasteiger partial charge in [-0.3, -0.25) is 0 Å². The molecule has 0 aliphatic carbocycles. The summed E-state index contributed by atoms with van der Waals surface area (Å²) in [5, 5.41) is 12.5. The summed E-state index contributed by atoms with van der Waals surface area (Å²) in [7, 11) is 0. The molecule has 0 bridgehead atoms. The van der Waals surface area contributed by atoms with Crippen LogP contribution < -0.4 is 5.32 Å². The Hall–Kier alpha value is -2.12. The van der Waals surface area contributed by atoms with Crippen LogP contribution in [0.15, 0.2) is 36.4 Å². The minimum absolute atomic E-state index is 0.189. The lowest BCUT2D eigenvalue weighted by Gasteiger charge is -2.17. The lowest BCUT2D eigenvalue weighted by atomic mass is 10.1. The van der Waals surface area contributed by atoms with E-state index < -0.39 is 17.7 Å². The maximum atomic E-state index is 13.7. The van der Waals surface area contributed by atoms with Gasteiger partial charge in [0.1, 0.15) is 6.07 Å². The van der Waals surface area contributed by atoms with Gasteiger partial charge in [0, 0.05) is 10.6 Å². The molecule has 1 N–H and O–H groups in total. The van der Waals surface area contributed by atoms with E-state index in [1.165, 1.54) is 12.1 Å². The molecule has 1 unspecified atom stereocenters. The van der Waals surface area contributed by atoms with Gasteiger partial charge < -0.3 is 5.32 Å². The van der Waals surface area contributed by atoms with Crippen molar-refractivity contribution < 1.29 is 8.78 Å². The Morgan fingerprint density at radius 2 is 2.00 bits per heavy atom. The number of nitrogens with zero attached hydrogens (tertiary/aromatic N) is 1. The third-order valence-electron chi connectivity index (χ3n) is 2.92. The molecule has 0 amide bonds. The summed E-state index contributed by atoms with van der Waals surface area (Å²) in [5.41, 5.74) is 1.06. The summed E-state index contributed by atoms with van der Waals surface area (Å²) in [4.78, 5) is 0. The third kappa shape index (κ3) is 2.89. The quantitative estimate of drug-likeness (QED) is 0.893. The summed E-state index contributed by atoms with van der Waals surface area (Å²) >= 11 is 5.88. The molecule has 0 spiro atoms. The fraction of sp³-hybridized carbons (Fsp3) is 0.133. The molecule has 0 radical (unpaired) electrons. The van der Waals surface area contributed by atoms with E-state index in [1.807, 2.05) is 6.07 Å². The van der Waals surface area contributed by atoms with E-state index in [4.69, 9.17) is 16.9 Å². The summed E-state index contributed by atoms with van der Waals surface area (Å²) in [6.07, 6.45) is 0. The summed E-state index contributed by atoms with van der Waals surface area (Å²) < 4.78 is 26.9. The van der Waals surface area contributed by atoms with E-state index in [0.717, 1.165) is 6.07 Å². The van der Waals surface area contributed by atoms with E-state index in [9.17, 15) is 8.78 Å². The molecule has 0 fully saturated rings. The van der Waals surface area contributed by atoms with Crippen LogP contribution in [-0.2, 0) is 0 Å². The second kappa shape index (κ2) is 5.89. The minimum Gasteiger partial charge on any atom is -0.377 e. The largest absolute Gasteiger partial charge is 0.377 e. The Morgan fingerprint density at radius 1 is 1.25 bits per heavy atom. The zero-order valence-corrected chi connectivity index (χ0v) is 11.4. The topological polar surface area (TPSA) is 35.8 Å². The highest BCUT2D eigenvalue weighted by Gasteiger charge is 2.15. The van der Waals surface area contributed by atoms with Gasteiger partial charge in [-0.2, -0.15) is 5.26 Å². The molecule has 2 aromatic carbocycles. The van der Waals surface area contributed by atoms with E-state index in [-0.39, 0.29) is 5.56 Å². The average molecular weight is 293 g/mol. The van der Waals surface area contributed by atoms with E-state index >= 15 is 0 Å². The highest BCUT2D eigenvalue weighted by molar-refractivity contribution is 6.30. The van der Waals surface area contributed by atoms with Crippen LogP contribution in [0.4, 0.5) is 14.5 Å². The highest BCUT2D eigenvalue weighted by atomic mass is 35.5. The van der Waals surface area contributed by atoms with Crippen molar-refractivity contribution in [2.45, 2.75) is 13.0 Å². The molecule has 102 valence electrons. The molecule has 1 atom stereocenters. The summed E-state index contributed by atoms with van der Waals surface area (Å²) in [5.74, 6) is -1.80. The van der Waals surface area contributed by atoms with Gasteiger partial charge in [-0.05, 0) is 31.2 Å². The van der Waals surface area contributed by atoms with E-state index in [1.54, 1.807) is 25.1 Å². The molecule has 0 saturated carbocycles. The number of halogens is 3. The molecule has 2 nitrogen and oxygen atoms in total. The van der Waals surface area contributed by atoms with Crippen molar-refractivity contribution in [3.63, 3.8) is 0 Å². The first-order chi connectivity index (χ1) is 9.52. The summed E-state index contributed by atoms with van der Waals surface area (Å²) in [6, 6.07) is 10.2. The first-order valence-electron chi connectivity index (χ1n) is 5.93. The first kappa shape index (κ1) is 14.3. The molecule has 20 heavy (non-hydrogen) atoms. The predicted octanol–water partition coefficient (Wildman–Crippen LogP) is 4.66. The first-order valence-corrected chi connectivity index (χ1v) is 6.31. The molecular weight excluding hydrogens is 282 g/mol. The van der Waals surface area contributed by atoms with Crippen LogP contribution in [0.3, 0.4) is 0 Å². The van der Waals surface area contributed by atoms with Crippen molar-refractivity contribution in [1.29, 1.82) is 5.26 Å². The van der Waals surface area contributed by atoms with Crippen molar-refractivity contribution in [2.75, 3.05) is 5.32 Å². The second-order valence-corrected chi connectivity index (χ2v) is 4.75. The molecule has 2 aromatic rings. The molecule has 0 aliphatic rings. The van der Waals surface area contributed by atoms with Crippen LogP contribution in [0, 0.1) is 23.0 Å². The lowest BCUT2D eigenvalue weighted by molar-refractivity contribution is 0.494. The molecule has 0 aromatic heterocycles. The monoisotopic (exact) mass is 292 g/mol. The SMILES string of the molecule is CC(Nc1cc(Cl)ccc1C#N)c1cccc(F)c1F. The Bertz CT molecular complexity index is 680. The number of hydrogen-bond acceptors (Lipinski definition) is 2. The zero-order chi connectivity index (χ0) is 14.7. The predicted molar refractivity (Wildman–Crippen MR) is 74.6 cm³/mol. The number of hydrogen-bond donors (Lipinski definition) is 1. The van der Waals surface area contributed by atoms with Crippen LogP contribution in [-0.4, -0.2) is 0 Å². The van der Waals surface area contributed by atoms with Gasteiger partial charge in [0.05, 0.1) is 17.3 Å². The maximum Gasteiger partial charge on any atom is 0.164 e. The van der Waals surface area contributed by atoms with Crippen LogP contribution in [0.25, 0.3) is 0 Å². The van der Waals surface area contributed by atoms with Gasteiger partial charge >= 0.3 is 0 Å². The lowest BCUT2D eigenvalue weighted by Crippen LogP contribution is -2.10. The van der Waals surface area contributed by atoms with Gasteiger partial charge in [0.25, 0.3) is 0 Å². The minimum atomic E-state index is -0.900. The fourth-order valence-corrected chi connectivity index (χ4v) is 2.07. The standard InChI is InChI=1S/C15H11ClF2N2/c1-9(12-3-2-4-13(17)15(12)18)20-14-7-11(16)6-5-10(14)8-19/h2-7,9,20H,1H3. The molecule has 5 heteroatoms. The molecule has 0 heterocycles. The molecular formula is C15H11ClF2N2. The Kier molecular flexibility index (Phi) is 4.21. The summed E-state index contributed by atoms with van der Waals surface area (Å²) in [6.45, 7) is 1.68. The van der Waals surface area contributed by atoms with Gasteiger partial charge in [-0.15, -0.1) is 0 Å². The van der Waals surface area contributed by atoms with Gasteiger partial charge in [-0.1, -0.05) is 23.7 Å². The Balaban J connectivity index is 2.33. The van der Waals surface area contributed by atoms with Crippen LogP contribution in [0.1, 0.15) is 24.1 Å². The van der Waals surface area contributed by atoms with Crippen LogP contribution in [0.5, 0.6) is 0 Å². The number of nitrogens with one attached hydrogen (secondary N) is 1. The van der Waals surface area contributed by atoms with Crippen molar-refractivity contribution in [3.05, 3.63) is 64.2 Å². The number of benzene rings is 2. The van der Waals surface area contributed by atoms with Gasteiger partial charge in [-0.25, -0.2) is 8.78 Å². The number of rotatable bonds is 3. The van der Waals surface area contributed by atoms with E-state index in [2.05, 4.69) is 5.32 Å². The van der Waals surface area contributed by atoms with Crippen molar-refractivity contribution in [2.24, 2.45) is 0 Å². The number of anilines is 1. The average Bonchev–Trinajstić information content (AvgIpc) is 2.42. The normalized spacial score (nSPS) is 11.8. The molecule has 0 aliphatic heterocycles. The second-order valence-electron chi connectivity index (χ2n) is 4.31. The third-order valence-corrected chi connectivity index (χ3v) is 3.16. The van der Waals surface area contributed by atoms with Crippen molar-refractivity contribution in [3.8, 4) is 6.07 Å². The van der Waals surface area contributed by atoms with E-state index in [0.29, 0.717) is 16.3 Å². The molecule has 0 saturated heterocycles. The Morgan fingerprint density at radius 3 is 2.70 bits per heavy atom. The molecule has 2 rings (SSSR count). The number of nitriles is 1. The smallest absolute Gasteiger partial charge is 0.164 e. The fourth-order valence-electron chi connectivity index (χ4n) is 1.90. The van der Waals surface area contributed by atoms with Crippen LogP contribution >= 0.6 is 11.6 Å². The highest BCUT2D eigenvalue weighted by Crippen LogP contribution is 2.27. The van der Waals surface area contributed by atoms with Gasteiger partial charge in [0.15, 0.2) is 11.6 Å². The van der Waals surface area contributed by atoms with Crippen LogP contribution in [0.2, 0.25) is 5.02 Å². The van der Waals surface area contributed by atoms with Gasteiger partial charge in [0.2, 0.25) is 0 Å². The zero-order valence-electron chi connectivity index (χ0n) is 10.6. The van der Waals surface area contributed by atoms with Crippen molar-refractivity contribution in [1.82, 2.24) is 0 Å². The maximum absolute atomic E-state index is 13.7. The van der Waals surface area contributed by atoms with Crippen molar-refractivity contribution >= 4 is 17.3 Å². The Labute approximate surface area is 120 Å².